The van der Waals surface area contributed by atoms with Crippen LogP contribution in [0, 0.1) is 28.9 Å². The van der Waals surface area contributed by atoms with Crippen molar-refractivity contribution in [3.05, 3.63) is 39.4 Å². The lowest BCUT2D eigenvalue weighted by Crippen LogP contribution is -2.35. The molecule has 1 aromatic carbocycles. The van der Waals surface area contributed by atoms with Gasteiger partial charge in [0.2, 0.25) is 0 Å². The van der Waals surface area contributed by atoms with Crippen molar-refractivity contribution < 1.29 is 4.92 Å². The normalized spacial score (nSPS) is 22.5. The third kappa shape index (κ3) is 4.03. The van der Waals surface area contributed by atoms with Gasteiger partial charge in [0.1, 0.15) is 0 Å². The zero-order valence-electron chi connectivity index (χ0n) is 13.3. The Morgan fingerprint density at radius 2 is 2.14 bits per heavy atom. The SMILES string of the molecule is Cc1c(CNC2CCCC(C(C)C)C2)cccc1[N+](=O)[O-]. The number of hydrogen-bond donors (Lipinski definition) is 1. The van der Waals surface area contributed by atoms with Crippen molar-refractivity contribution in [2.45, 2.75) is 59.0 Å². The molecule has 2 unspecified atom stereocenters. The predicted octanol–water partition coefficient (Wildman–Crippen LogP) is 4.21. The first-order chi connectivity index (χ1) is 9.99. The lowest BCUT2D eigenvalue weighted by atomic mass is 9.79. The molecule has 1 saturated carbocycles. The van der Waals surface area contributed by atoms with Gasteiger partial charge in [-0.2, -0.15) is 0 Å². The van der Waals surface area contributed by atoms with Gasteiger partial charge in [-0.15, -0.1) is 0 Å². The summed E-state index contributed by atoms with van der Waals surface area (Å²) in [6.45, 7) is 7.17. The number of nitrogens with one attached hydrogen (secondary N) is 1. The van der Waals surface area contributed by atoms with Crippen LogP contribution in [0.3, 0.4) is 0 Å². The molecule has 1 aliphatic carbocycles. The summed E-state index contributed by atoms with van der Waals surface area (Å²) in [6, 6.07) is 5.89. The van der Waals surface area contributed by atoms with Gasteiger partial charge in [0.05, 0.1) is 4.92 Å². The number of nitro benzene ring substituents is 1. The fourth-order valence-corrected chi connectivity index (χ4v) is 3.33. The Hall–Kier alpha value is -1.42. The van der Waals surface area contributed by atoms with Gasteiger partial charge in [-0.05, 0) is 37.2 Å². The first-order valence-corrected chi connectivity index (χ1v) is 7.95. The zero-order chi connectivity index (χ0) is 15.4. The summed E-state index contributed by atoms with van der Waals surface area (Å²) in [5, 5.41) is 14.6. The minimum atomic E-state index is -0.297. The fraction of sp³-hybridized carbons (Fsp3) is 0.647. The van der Waals surface area contributed by atoms with E-state index in [0.29, 0.717) is 6.04 Å². The lowest BCUT2D eigenvalue weighted by Gasteiger charge is -2.32. The minimum Gasteiger partial charge on any atom is -0.310 e. The monoisotopic (exact) mass is 290 g/mol. The molecule has 0 aromatic heterocycles. The predicted molar refractivity (Wildman–Crippen MR) is 85.3 cm³/mol. The van der Waals surface area contributed by atoms with Crippen molar-refractivity contribution in [3.63, 3.8) is 0 Å². The fourth-order valence-electron chi connectivity index (χ4n) is 3.33. The maximum atomic E-state index is 11.0. The van der Waals surface area contributed by atoms with E-state index in [2.05, 4.69) is 19.2 Å². The smallest absolute Gasteiger partial charge is 0.272 e. The van der Waals surface area contributed by atoms with E-state index >= 15 is 0 Å². The molecule has 0 heterocycles. The molecule has 1 aromatic rings. The first-order valence-electron chi connectivity index (χ1n) is 7.95. The largest absolute Gasteiger partial charge is 0.310 e. The van der Waals surface area contributed by atoms with Gasteiger partial charge in [0.15, 0.2) is 0 Å². The Morgan fingerprint density at radius 3 is 2.81 bits per heavy atom. The van der Waals surface area contributed by atoms with Crippen molar-refractivity contribution >= 4 is 5.69 Å². The van der Waals surface area contributed by atoms with E-state index in [9.17, 15) is 10.1 Å². The van der Waals surface area contributed by atoms with E-state index in [0.717, 1.165) is 29.5 Å². The molecular formula is C17H26N2O2. The molecule has 0 aliphatic heterocycles. The summed E-state index contributed by atoms with van der Waals surface area (Å²) in [7, 11) is 0. The van der Waals surface area contributed by atoms with Crippen molar-refractivity contribution in [2.75, 3.05) is 0 Å². The van der Waals surface area contributed by atoms with E-state index in [1.165, 1.54) is 25.7 Å². The molecule has 1 N–H and O–H groups in total. The summed E-state index contributed by atoms with van der Waals surface area (Å²) in [4.78, 5) is 10.7. The highest BCUT2D eigenvalue weighted by Crippen LogP contribution is 2.30. The van der Waals surface area contributed by atoms with Crippen LogP contribution in [-0.4, -0.2) is 11.0 Å². The highest BCUT2D eigenvalue weighted by molar-refractivity contribution is 5.44. The molecule has 0 radical (unpaired) electrons. The second kappa shape index (κ2) is 7.03. The molecule has 0 bridgehead atoms. The van der Waals surface area contributed by atoms with Crippen LogP contribution in [-0.2, 0) is 6.54 Å². The molecule has 2 rings (SSSR count). The Bertz CT molecular complexity index is 500. The highest BCUT2D eigenvalue weighted by atomic mass is 16.6. The third-order valence-electron chi connectivity index (χ3n) is 4.85. The van der Waals surface area contributed by atoms with Gasteiger partial charge in [-0.3, -0.25) is 10.1 Å². The molecule has 116 valence electrons. The number of nitro groups is 1. The average Bonchev–Trinajstić information content (AvgIpc) is 2.46. The Labute approximate surface area is 127 Å². The van der Waals surface area contributed by atoms with E-state index in [-0.39, 0.29) is 10.6 Å². The Balaban J connectivity index is 1.97. The second-order valence-electron chi connectivity index (χ2n) is 6.57. The second-order valence-corrected chi connectivity index (χ2v) is 6.57. The van der Waals surface area contributed by atoms with Gasteiger partial charge in [-0.25, -0.2) is 0 Å². The number of nitrogens with zero attached hydrogens (tertiary/aromatic N) is 1. The maximum Gasteiger partial charge on any atom is 0.272 e. The van der Waals surface area contributed by atoms with Crippen LogP contribution < -0.4 is 5.32 Å². The summed E-state index contributed by atoms with van der Waals surface area (Å²) >= 11 is 0. The molecule has 0 spiro atoms. The van der Waals surface area contributed by atoms with Crippen LogP contribution in [0.1, 0.15) is 50.7 Å². The van der Waals surface area contributed by atoms with Crippen LogP contribution in [0.4, 0.5) is 5.69 Å². The van der Waals surface area contributed by atoms with Crippen molar-refractivity contribution in [2.24, 2.45) is 11.8 Å². The van der Waals surface area contributed by atoms with Crippen molar-refractivity contribution in [3.8, 4) is 0 Å². The molecule has 4 nitrogen and oxygen atoms in total. The van der Waals surface area contributed by atoms with Gasteiger partial charge < -0.3 is 5.32 Å². The molecule has 4 heteroatoms. The molecule has 21 heavy (non-hydrogen) atoms. The molecular weight excluding hydrogens is 264 g/mol. The highest BCUT2D eigenvalue weighted by Gasteiger charge is 2.24. The van der Waals surface area contributed by atoms with E-state index in [1.54, 1.807) is 12.1 Å². The lowest BCUT2D eigenvalue weighted by molar-refractivity contribution is -0.385. The van der Waals surface area contributed by atoms with Crippen LogP contribution in [0.5, 0.6) is 0 Å². The van der Waals surface area contributed by atoms with Crippen molar-refractivity contribution in [1.29, 1.82) is 0 Å². The van der Waals surface area contributed by atoms with Crippen LogP contribution in [0.25, 0.3) is 0 Å². The maximum absolute atomic E-state index is 11.0. The van der Waals surface area contributed by atoms with Crippen molar-refractivity contribution in [1.82, 2.24) is 5.32 Å². The quantitative estimate of drug-likeness (QED) is 0.653. The zero-order valence-corrected chi connectivity index (χ0v) is 13.3. The van der Waals surface area contributed by atoms with Gasteiger partial charge >= 0.3 is 0 Å². The number of benzene rings is 1. The van der Waals surface area contributed by atoms with E-state index in [1.807, 2.05) is 13.0 Å². The molecule has 0 amide bonds. The van der Waals surface area contributed by atoms with Crippen LogP contribution >= 0.6 is 0 Å². The summed E-state index contributed by atoms with van der Waals surface area (Å²) in [5.41, 5.74) is 2.04. The summed E-state index contributed by atoms with van der Waals surface area (Å²) < 4.78 is 0. The Kier molecular flexibility index (Phi) is 5.34. The average molecular weight is 290 g/mol. The topological polar surface area (TPSA) is 55.2 Å². The Morgan fingerprint density at radius 1 is 1.38 bits per heavy atom. The first kappa shape index (κ1) is 16.0. The number of hydrogen-bond acceptors (Lipinski definition) is 3. The molecule has 0 saturated heterocycles. The van der Waals surface area contributed by atoms with Gasteiger partial charge in [0, 0.05) is 24.2 Å². The summed E-state index contributed by atoms with van der Waals surface area (Å²) in [5.74, 6) is 1.55. The van der Waals surface area contributed by atoms with E-state index in [4.69, 9.17) is 0 Å². The minimum absolute atomic E-state index is 0.220. The molecule has 1 aliphatic rings. The summed E-state index contributed by atoms with van der Waals surface area (Å²) in [6.07, 6.45) is 5.07. The van der Waals surface area contributed by atoms with E-state index < -0.39 is 0 Å². The molecule has 2 atom stereocenters. The van der Waals surface area contributed by atoms with Gasteiger partial charge in [-0.1, -0.05) is 38.8 Å². The van der Waals surface area contributed by atoms with Crippen LogP contribution in [0.2, 0.25) is 0 Å². The van der Waals surface area contributed by atoms with Gasteiger partial charge in [0.25, 0.3) is 5.69 Å². The molecule has 1 fully saturated rings. The number of rotatable bonds is 5. The van der Waals surface area contributed by atoms with Crippen LogP contribution in [0.15, 0.2) is 18.2 Å². The standard InChI is InChI=1S/C17H26N2O2/c1-12(2)14-6-4-8-16(10-14)18-11-15-7-5-9-17(13(15)3)19(20)21/h5,7,9,12,14,16,18H,4,6,8,10-11H2,1-3H3. The third-order valence-corrected chi connectivity index (χ3v) is 4.85.